The van der Waals surface area contributed by atoms with Crippen LogP contribution in [-0.2, 0) is 0 Å². The van der Waals surface area contributed by atoms with Crippen molar-refractivity contribution in [1.29, 1.82) is 0 Å². The van der Waals surface area contributed by atoms with Crippen molar-refractivity contribution in [3.8, 4) is 0 Å². The zero-order chi connectivity index (χ0) is 17.9. The molecule has 0 fully saturated rings. The first kappa shape index (κ1) is 17.6. The predicted molar refractivity (Wildman–Crippen MR) is 92.2 cm³/mol. The third-order valence-electron chi connectivity index (χ3n) is 4.73. The molecular weight excluding hydrogens is 312 g/mol. The van der Waals surface area contributed by atoms with Crippen LogP contribution >= 0.6 is 0 Å². The maximum Gasteiger partial charge on any atom is 0.301 e. The summed E-state index contributed by atoms with van der Waals surface area (Å²) in [5, 5.41) is 26.2. The van der Waals surface area contributed by atoms with Gasteiger partial charge in [0.15, 0.2) is 0 Å². The largest absolute Gasteiger partial charge is 0.301 e. The van der Waals surface area contributed by atoms with Crippen LogP contribution in [-0.4, -0.2) is 15.6 Å². The Morgan fingerprint density at radius 3 is 2.58 bits per heavy atom. The number of hydrazone groups is 1. The molecule has 0 unspecified atom stereocenters. The summed E-state index contributed by atoms with van der Waals surface area (Å²) in [5.41, 5.74) is 4.00. The molecule has 1 atom stereocenters. The minimum absolute atomic E-state index is 0.131. The molecule has 2 rings (SSSR count). The molecule has 0 radical (unpaired) electrons. The van der Waals surface area contributed by atoms with Crippen LogP contribution in [0.5, 0.6) is 0 Å². The van der Waals surface area contributed by atoms with E-state index in [1.54, 1.807) is 0 Å². The highest BCUT2D eigenvalue weighted by Gasteiger charge is 2.31. The van der Waals surface area contributed by atoms with E-state index in [0.29, 0.717) is 0 Å². The molecule has 0 aromatic heterocycles. The average molecular weight is 332 g/mol. The quantitative estimate of drug-likeness (QED) is 0.371. The summed E-state index contributed by atoms with van der Waals surface area (Å²) in [7, 11) is 0. The van der Waals surface area contributed by atoms with E-state index in [2.05, 4.69) is 30.5 Å². The Kier molecular flexibility index (Phi) is 4.96. The van der Waals surface area contributed by atoms with Crippen molar-refractivity contribution < 1.29 is 9.85 Å². The van der Waals surface area contributed by atoms with Crippen molar-refractivity contribution in [1.82, 2.24) is 0 Å². The van der Waals surface area contributed by atoms with Gasteiger partial charge in [0, 0.05) is 17.2 Å². The second kappa shape index (κ2) is 6.77. The van der Waals surface area contributed by atoms with Gasteiger partial charge in [-0.1, -0.05) is 18.6 Å². The van der Waals surface area contributed by atoms with Crippen LogP contribution in [0.3, 0.4) is 0 Å². The van der Waals surface area contributed by atoms with Gasteiger partial charge in [-0.3, -0.25) is 25.7 Å². The Labute approximate surface area is 139 Å². The lowest BCUT2D eigenvalue weighted by atomic mass is 9.72. The van der Waals surface area contributed by atoms with E-state index in [1.807, 2.05) is 6.92 Å². The SMILES string of the molecule is CC1=CCCC[C@@]1(C)/C(C)=N\Nc1ccc([N+](=O)[O-])cc1[N+](=O)[O-]. The van der Waals surface area contributed by atoms with Gasteiger partial charge < -0.3 is 0 Å². The van der Waals surface area contributed by atoms with Crippen molar-refractivity contribution in [2.45, 2.75) is 40.0 Å². The van der Waals surface area contributed by atoms with Crippen LogP contribution in [0, 0.1) is 25.6 Å². The molecule has 128 valence electrons. The molecule has 0 aliphatic heterocycles. The van der Waals surface area contributed by atoms with Gasteiger partial charge in [0.1, 0.15) is 5.69 Å². The van der Waals surface area contributed by atoms with Gasteiger partial charge in [-0.15, -0.1) is 0 Å². The molecule has 1 aromatic carbocycles. The minimum atomic E-state index is -0.664. The molecule has 1 aliphatic carbocycles. The van der Waals surface area contributed by atoms with Crippen molar-refractivity contribution in [2.75, 3.05) is 5.43 Å². The fraction of sp³-hybridized carbons (Fsp3) is 0.438. The summed E-state index contributed by atoms with van der Waals surface area (Å²) in [6.45, 7) is 6.04. The Hall–Kier alpha value is -2.77. The van der Waals surface area contributed by atoms with E-state index >= 15 is 0 Å². The molecular formula is C16H20N4O4. The number of nitrogens with zero attached hydrogens (tertiary/aromatic N) is 3. The number of nitrogens with one attached hydrogen (secondary N) is 1. The summed E-state index contributed by atoms with van der Waals surface area (Å²) in [6.07, 6.45) is 5.28. The highest BCUT2D eigenvalue weighted by molar-refractivity contribution is 5.91. The number of nitro groups is 2. The van der Waals surface area contributed by atoms with Gasteiger partial charge in [-0.05, 0) is 39.2 Å². The Balaban J connectivity index is 2.31. The molecule has 8 heteroatoms. The molecule has 24 heavy (non-hydrogen) atoms. The van der Waals surface area contributed by atoms with Crippen LogP contribution in [0.15, 0.2) is 34.9 Å². The van der Waals surface area contributed by atoms with Crippen LogP contribution in [0.2, 0.25) is 0 Å². The normalized spacial score (nSPS) is 21.1. The monoisotopic (exact) mass is 332 g/mol. The van der Waals surface area contributed by atoms with E-state index in [1.165, 1.54) is 17.7 Å². The lowest BCUT2D eigenvalue weighted by molar-refractivity contribution is -0.393. The summed E-state index contributed by atoms with van der Waals surface area (Å²) in [5.74, 6) is 0. The van der Waals surface area contributed by atoms with Crippen LogP contribution < -0.4 is 5.43 Å². The van der Waals surface area contributed by atoms with Crippen molar-refractivity contribution >= 4 is 22.8 Å². The number of rotatable bonds is 5. The summed E-state index contributed by atoms with van der Waals surface area (Å²) in [4.78, 5) is 20.6. The third kappa shape index (κ3) is 3.42. The molecule has 0 amide bonds. The lowest BCUT2D eigenvalue weighted by Crippen LogP contribution is -2.29. The van der Waals surface area contributed by atoms with Gasteiger partial charge in [0.05, 0.1) is 15.9 Å². The number of benzene rings is 1. The number of hydrogen-bond acceptors (Lipinski definition) is 6. The van der Waals surface area contributed by atoms with Crippen LogP contribution in [0.1, 0.15) is 40.0 Å². The molecule has 0 spiro atoms. The Morgan fingerprint density at radius 1 is 1.29 bits per heavy atom. The van der Waals surface area contributed by atoms with E-state index in [0.717, 1.165) is 31.0 Å². The first-order valence-electron chi connectivity index (χ1n) is 7.66. The molecule has 0 bridgehead atoms. The van der Waals surface area contributed by atoms with Gasteiger partial charge in [-0.2, -0.15) is 5.10 Å². The van der Waals surface area contributed by atoms with Gasteiger partial charge in [0.2, 0.25) is 0 Å². The number of anilines is 1. The molecule has 1 N–H and O–H groups in total. The summed E-state index contributed by atoms with van der Waals surface area (Å²) < 4.78 is 0. The fourth-order valence-electron chi connectivity index (χ4n) is 2.81. The van der Waals surface area contributed by atoms with Gasteiger partial charge in [-0.25, -0.2) is 0 Å². The molecule has 1 aliphatic rings. The molecule has 0 heterocycles. The maximum absolute atomic E-state index is 11.1. The number of hydrogen-bond donors (Lipinski definition) is 1. The van der Waals surface area contributed by atoms with Crippen LogP contribution in [0.25, 0.3) is 0 Å². The minimum Gasteiger partial charge on any atom is -0.272 e. The smallest absolute Gasteiger partial charge is 0.272 e. The fourth-order valence-corrected chi connectivity index (χ4v) is 2.81. The number of allylic oxidation sites excluding steroid dienone is 2. The van der Waals surface area contributed by atoms with Crippen molar-refractivity contribution in [3.05, 3.63) is 50.1 Å². The van der Waals surface area contributed by atoms with Crippen molar-refractivity contribution in [2.24, 2.45) is 10.5 Å². The average Bonchev–Trinajstić information content (AvgIpc) is 2.54. The Bertz CT molecular complexity index is 742. The van der Waals surface area contributed by atoms with Gasteiger partial charge >= 0.3 is 5.69 Å². The van der Waals surface area contributed by atoms with E-state index in [4.69, 9.17) is 0 Å². The number of nitro benzene ring substituents is 2. The topological polar surface area (TPSA) is 111 Å². The highest BCUT2D eigenvalue weighted by atomic mass is 16.6. The van der Waals surface area contributed by atoms with E-state index in [9.17, 15) is 20.2 Å². The van der Waals surface area contributed by atoms with E-state index in [-0.39, 0.29) is 22.5 Å². The molecule has 0 saturated carbocycles. The lowest BCUT2D eigenvalue weighted by Gasteiger charge is -2.33. The third-order valence-corrected chi connectivity index (χ3v) is 4.73. The first-order valence-corrected chi connectivity index (χ1v) is 7.66. The standard InChI is InChI=1S/C16H20N4O4/c1-11-6-4-5-9-16(11,3)12(2)17-18-14-8-7-13(19(21)22)10-15(14)20(23)24/h6-8,10,18H,4-5,9H2,1-3H3/b17-12-/t16-/m1/s1. The highest BCUT2D eigenvalue weighted by Crippen LogP contribution is 2.38. The molecule has 8 nitrogen and oxygen atoms in total. The Morgan fingerprint density at radius 2 is 2.00 bits per heavy atom. The number of non-ortho nitro benzene ring substituents is 1. The first-order chi connectivity index (χ1) is 11.3. The zero-order valence-corrected chi connectivity index (χ0v) is 13.9. The van der Waals surface area contributed by atoms with Crippen molar-refractivity contribution in [3.63, 3.8) is 0 Å². The molecule has 0 saturated heterocycles. The second-order valence-electron chi connectivity index (χ2n) is 6.14. The van der Waals surface area contributed by atoms with Crippen LogP contribution in [0.4, 0.5) is 17.1 Å². The maximum atomic E-state index is 11.1. The van der Waals surface area contributed by atoms with E-state index < -0.39 is 9.85 Å². The predicted octanol–water partition coefficient (Wildman–Crippen LogP) is 4.43. The second-order valence-corrected chi connectivity index (χ2v) is 6.14. The molecule has 1 aromatic rings. The summed E-state index contributed by atoms with van der Waals surface area (Å²) in [6, 6.07) is 3.45. The summed E-state index contributed by atoms with van der Waals surface area (Å²) >= 11 is 0. The zero-order valence-electron chi connectivity index (χ0n) is 13.9. The van der Waals surface area contributed by atoms with Gasteiger partial charge in [0.25, 0.3) is 5.69 Å².